The molecule has 5 atom stereocenters. The Morgan fingerprint density at radius 1 is 0.789 bits per heavy atom. The standard InChI is InChI=1S/C47H53N3O6S/c1-33-15-25-41(26-16-33)57(53,54)49-43(29-35-11-5-3-6-12-35)46(52)48-30-40-13-7-8-14-42(40)37-21-23-39(24-22-37)47-55-44(31-50-27-9-4-10-28-50)34(2)45(56-47)38-19-17-36(32-51)18-20-38/h3,5-8,11-26,34,43-45,47,49,51H,4,9-10,27-32H2,1-2H3,(H,48,52). The molecule has 2 fully saturated rings. The van der Waals surface area contributed by atoms with Crippen LogP contribution in [0.3, 0.4) is 0 Å². The van der Waals surface area contributed by atoms with E-state index >= 15 is 0 Å². The number of hydrogen-bond acceptors (Lipinski definition) is 7. The summed E-state index contributed by atoms with van der Waals surface area (Å²) < 4.78 is 43.0. The molecule has 0 spiro atoms. The monoisotopic (exact) mass is 787 g/mol. The molecule has 1 amide bonds. The minimum atomic E-state index is -3.97. The zero-order valence-corrected chi connectivity index (χ0v) is 33.5. The van der Waals surface area contributed by atoms with E-state index in [1.54, 1.807) is 24.3 Å². The lowest BCUT2D eigenvalue weighted by molar-refractivity contribution is -0.276. The number of sulfonamides is 1. The van der Waals surface area contributed by atoms with Gasteiger partial charge in [0, 0.05) is 24.6 Å². The predicted molar refractivity (Wildman–Crippen MR) is 222 cm³/mol. The lowest BCUT2D eigenvalue weighted by atomic mass is 9.89. The van der Waals surface area contributed by atoms with E-state index in [9.17, 15) is 18.3 Å². The number of rotatable bonds is 14. The lowest BCUT2D eigenvalue weighted by Crippen LogP contribution is -2.47. The van der Waals surface area contributed by atoms with Crippen molar-refractivity contribution in [2.45, 2.75) is 82.1 Å². The summed E-state index contributed by atoms with van der Waals surface area (Å²) in [4.78, 5) is 16.4. The first-order valence-electron chi connectivity index (χ1n) is 20.0. The number of likely N-dealkylation sites (tertiary alicyclic amines) is 1. The number of carbonyl (C=O) groups is 1. The van der Waals surface area contributed by atoms with Gasteiger partial charge >= 0.3 is 0 Å². The Kier molecular flexibility index (Phi) is 13.3. The van der Waals surface area contributed by atoms with Crippen molar-refractivity contribution < 1.29 is 27.8 Å². The number of hydrogen-bond donors (Lipinski definition) is 3. The molecule has 2 aliphatic heterocycles. The highest BCUT2D eigenvalue weighted by molar-refractivity contribution is 7.89. The van der Waals surface area contributed by atoms with Crippen molar-refractivity contribution in [1.82, 2.24) is 14.9 Å². The van der Waals surface area contributed by atoms with Gasteiger partial charge in [-0.05, 0) is 84.8 Å². The number of aliphatic hydroxyl groups is 1. The van der Waals surface area contributed by atoms with Crippen molar-refractivity contribution in [3.05, 3.63) is 161 Å². The highest BCUT2D eigenvalue weighted by Gasteiger charge is 2.39. The Morgan fingerprint density at radius 3 is 2.16 bits per heavy atom. The first-order chi connectivity index (χ1) is 27.7. The maximum Gasteiger partial charge on any atom is 0.241 e. The Morgan fingerprint density at radius 2 is 1.46 bits per heavy atom. The maximum atomic E-state index is 13.8. The summed E-state index contributed by atoms with van der Waals surface area (Å²) in [5.74, 6) is -0.296. The number of aryl methyl sites for hydroxylation is 1. The third-order valence-electron chi connectivity index (χ3n) is 11.2. The molecule has 10 heteroatoms. The normalized spacial score (nSPS) is 20.8. The molecule has 298 valence electrons. The molecule has 0 saturated carbocycles. The smallest absolute Gasteiger partial charge is 0.241 e. The van der Waals surface area contributed by atoms with E-state index in [1.165, 1.54) is 19.3 Å². The summed E-state index contributed by atoms with van der Waals surface area (Å²) in [6.45, 7) is 7.32. The van der Waals surface area contributed by atoms with E-state index in [2.05, 4.69) is 46.1 Å². The highest BCUT2D eigenvalue weighted by atomic mass is 32.2. The molecule has 0 bridgehead atoms. The average molecular weight is 788 g/mol. The van der Waals surface area contributed by atoms with Crippen LogP contribution >= 0.6 is 0 Å². The minimum Gasteiger partial charge on any atom is -0.392 e. The van der Waals surface area contributed by atoms with Crippen LogP contribution in [0, 0.1) is 12.8 Å². The number of aliphatic hydroxyl groups excluding tert-OH is 1. The average Bonchev–Trinajstić information content (AvgIpc) is 3.24. The van der Waals surface area contributed by atoms with Gasteiger partial charge in [0.25, 0.3) is 0 Å². The number of piperidine rings is 1. The summed E-state index contributed by atoms with van der Waals surface area (Å²) in [6.07, 6.45) is 3.12. The molecule has 5 unspecified atom stereocenters. The maximum absolute atomic E-state index is 13.8. The Hall–Kier alpha value is -4.68. The van der Waals surface area contributed by atoms with Crippen LogP contribution in [-0.4, -0.2) is 56.1 Å². The number of amides is 1. The first kappa shape index (κ1) is 40.5. The topological polar surface area (TPSA) is 117 Å². The van der Waals surface area contributed by atoms with Gasteiger partial charge in [-0.1, -0.05) is 134 Å². The van der Waals surface area contributed by atoms with Crippen LogP contribution in [0.2, 0.25) is 0 Å². The molecule has 2 saturated heterocycles. The zero-order chi connectivity index (χ0) is 39.8. The summed E-state index contributed by atoms with van der Waals surface area (Å²) in [5, 5.41) is 12.7. The van der Waals surface area contributed by atoms with Crippen molar-refractivity contribution in [3.8, 4) is 11.1 Å². The number of carbonyl (C=O) groups excluding carboxylic acids is 1. The van der Waals surface area contributed by atoms with Crippen molar-refractivity contribution in [2.75, 3.05) is 19.6 Å². The van der Waals surface area contributed by atoms with Gasteiger partial charge in [0.1, 0.15) is 6.04 Å². The van der Waals surface area contributed by atoms with Crippen molar-refractivity contribution in [3.63, 3.8) is 0 Å². The van der Waals surface area contributed by atoms with Gasteiger partial charge in [0.15, 0.2) is 6.29 Å². The quantitative estimate of drug-likeness (QED) is 0.106. The second kappa shape index (κ2) is 18.7. The summed E-state index contributed by atoms with van der Waals surface area (Å²) in [5.41, 5.74) is 7.45. The lowest BCUT2D eigenvalue weighted by Gasteiger charge is -2.43. The first-order valence-corrected chi connectivity index (χ1v) is 21.5. The Bertz CT molecular complexity index is 2170. The molecule has 5 aromatic rings. The van der Waals surface area contributed by atoms with Crippen LogP contribution in [0.5, 0.6) is 0 Å². The fraction of sp³-hybridized carbons (Fsp3) is 0.340. The summed E-state index contributed by atoms with van der Waals surface area (Å²) in [7, 11) is -3.97. The molecular formula is C47H53N3O6S. The third-order valence-corrected chi connectivity index (χ3v) is 12.7. The predicted octanol–water partition coefficient (Wildman–Crippen LogP) is 7.64. The van der Waals surface area contributed by atoms with Crippen LogP contribution in [0.1, 0.15) is 72.0 Å². The van der Waals surface area contributed by atoms with E-state index in [-0.39, 0.29) is 42.6 Å². The number of nitrogens with zero attached hydrogens (tertiary/aromatic N) is 1. The van der Waals surface area contributed by atoms with Gasteiger partial charge in [-0.3, -0.25) is 4.79 Å². The summed E-state index contributed by atoms with van der Waals surface area (Å²) in [6, 6.07) is 39.1. The molecular weight excluding hydrogens is 735 g/mol. The second-order valence-corrected chi connectivity index (χ2v) is 17.1. The van der Waals surface area contributed by atoms with Crippen molar-refractivity contribution >= 4 is 15.9 Å². The van der Waals surface area contributed by atoms with E-state index < -0.39 is 28.3 Å². The van der Waals surface area contributed by atoms with Gasteiger partial charge in [0.05, 0.1) is 23.7 Å². The van der Waals surface area contributed by atoms with E-state index in [0.29, 0.717) is 0 Å². The molecule has 9 nitrogen and oxygen atoms in total. The van der Waals surface area contributed by atoms with Gasteiger partial charge in [-0.2, -0.15) is 4.72 Å². The fourth-order valence-corrected chi connectivity index (χ4v) is 9.01. The number of benzene rings is 5. The molecule has 0 radical (unpaired) electrons. The van der Waals surface area contributed by atoms with Crippen LogP contribution in [0.4, 0.5) is 0 Å². The Balaban J connectivity index is 1.08. The van der Waals surface area contributed by atoms with Gasteiger partial charge in [-0.25, -0.2) is 8.42 Å². The Labute approximate surface area is 337 Å². The number of ether oxygens (including phenoxy) is 2. The zero-order valence-electron chi connectivity index (χ0n) is 32.7. The molecule has 57 heavy (non-hydrogen) atoms. The SMILES string of the molecule is Cc1ccc(S(=O)(=O)NC(Cc2ccccc2)C(=O)NCc2ccccc2-c2ccc(C3OC(CN4CCCCC4)C(C)C(c4ccc(CO)cc4)O3)cc2)cc1. The van der Waals surface area contributed by atoms with E-state index in [1.807, 2.05) is 85.8 Å². The van der Waals surface area contributed by atoms with Gasteiger partial charge < -0.3 is 24.8 Å². The largest absolute Gasteiger partial charge is 0.392 e. The van der Waals surface area contributed by atoms with Crippen LogP contribution in [-0.2, 0) is 43.9 Å². The summed E-state index contributed by atoms with van der Waals surface area (Å²) >= 11 is 0. The van der Waals surface area contributed by atoms with Gasteiger partial charge in [0.2, 0.25) is 15.9 Å². The highest BCUT2D eigenvalue weighted by Crippen LogP contribution is 2.42. The molecule has 3 N–H and O–H groups in total. The molecule has 0 aliphatic carbocycles. The third kappa shape index (κ3) is 10.3. The molecule has 0 aromatic heterocycles. The number of nitrogens with one attached hydrogen (secondary N) is 2. The second-order valence-electron chi connectivity index (χ2n) is 15.4. The van der Waals surface area contributed by atoms with Crippen molar-refractivity contribution in [2.24, 2.45) is 5.92 Å². The molecule has 5 aromatic carbocycles. The van der Waals surface area contributed by atoms with Crippen LogP contribution in [0.15, 0.2) is 132 Å². The van der Waals surface area contributed by atoms with Crippen LogP contribution < -0.4 is 10.0 Å². The van der Waals surface area contributed by atoms with Crippen molar-refractivity contribution in [1.29, 1.82) is 0 Å². The minimum absolute atomic E-state index is 0.00261. The molecule has 2 aliphatic rings. The molecule has 7 rings (SSSR count). The van der Waals surface area contributed by atoms with E-state index in [0.717, 1.165) is 64.1 Å². The molecule has 2 heterocycles. The fourth-order valence-electron chi connectivity index (χ4n) is 7.82. The van der Waals surface area contributed by atoms with Gasteiger partial charge in [-0.15, -0.1) is 0 Å². The van der Waals surface area contributed by atoms with Crippen LogP contribution in [0.25, 0.3) is 11.1 Å². The van der Waals surface area contributed by atoms with E-state index in [4.69, 9.17) is 9.47 Å².